The van der Waals surface area contributed by atoms with Crippen molar-refractivity contribution in [3.8, 4) is 0 Å². The fourth-order valence-corrected chi connectivity index (χ4v) is 1.93. The summed E-state index contributed by atoms with van der Waals surface area (Å²) in [5.74, 6) is -0.509. The van der Waals surface area contributed by atoms with Gasteiger partial charge in [0.15, 0.2) is 0 Å². The van der Waals surface area contributed by atoms with Crippen molar-refractivity contribution >= 4 is 5.91 Å². The zero-order valence-corrected chi connectivity index (χ0v) is 9.00. The van der Waals surface area contributed by atoms with Crippen LogP contribution < -0.4 is 0 Å². The second-order valence-corrected chi connectivity index (χ2v) is 4.01. The minimum absolute atomic E-state index is 0.194. The van der Waals surface area contributed by atoms with E-state index < -0.39 is 17.6 Å². The minimum Gasteiger partial charge on any atom is -0.389 e. The van der Waals surface area contributed by atoms with Gasteiger partial charge in [0.05, 0.1) is 11.8 Å². The van der Waals surface area contributed by atoms with Crippen LogP contribution in [0.15, 0.2) is 24.4 Å². The average Bonchev–Trinajstić information content (AvgIpc) is 2.33. The Kier molecular flexibility index (Phi) is 2.65. The second-order valence-electron chi connectivity index (χ2n) is 4.01. The summed E-state index contributed by atoms with van der Waals surface area (Å²) in [5.41, 5.74) is -1.71. The second kappa shape index (κ2) is 3.84. The van der Waals surface area contributed by atoms with Crippen LogP contribution >= 0.6 is 0 Å². The van der Waals surface area contributed by atoms with E-state index in [-0.39, 0.29) is 5.69 Å². The first-order chi connectivity index (χ1) is 7.56. The van der Waals surface area contributed by atoms with E-state index in [9.17, 15) is 15.0 Å². The lowest BCUT2D eigenvalue weighted by Crippen LogP contribution is -2.58. The molecule has 0 aromatic carbocycles. The van der Waals surface area contributed by atoms with Gasteiger partial charge in [-0.05, 0) is 18.6 Å². The maximum absolute atomic E-state index is 11.9. The molecule has 0 radical (unpaired) electrons. The number of hydrogen-bond donors (Lipinski definition) is 2. The number of rotatable bonds is 1. The first-order valence-electron chi connectivity index (χ1n) is 5.14. The molecule has 0 spiro atoms. The number of carbonyl (C=O) groups excluding carboxylic acids is 1. The van der Waals surface area contributed by atoms with Gasteiger partial charge in [0.1, 0.15) is 0 Å². The number of nitrogens with zero attached hydrogens (tertiary/aromatic N) is 2. The Morgan fingerprint density at radius 2 is 2.31 bits per heavy atom. The number of piperidine rings is 1. The standard InChI is InChI=1S/C11H14N2O3/c1-13-7-5-9(14)11(16,10(13)15)8-4-2-3-6-12-8/h2-4,6,9,14,16H,5,7H2,1H3. The molecule has 2 unspecified atom stereocenters. The average molecular weight is 222 g/mol. The van der Waals surface area contributed by atoms with Gasteiger partial charge >= 0.3 is 0 Å². The molecule has 0 aliphatic carbocycles. The highest BCUT2D eigenvalue weighted by Crippen LogP contribution is 2.31. The Bertz CT molecular complexity index is 395. The van der Waals surface area contributed by atoms with E-state index >= 15 is 0 Å². The van der Waals surface area contributed by atoms with Gasteiger partial charge in [-0.25, -0.2) is 0 Å². The monoisotopic (exact) mass is 222 g/mol. The number of amides is 1. The van der Waals surface area contributed by atoms with Crippen molar-refractivity contribution in [2.24, 2.45) is 0 Å². The highest BCUT2D eigenvalue weighted by atomic mass is 16.4. The minimum atomic E-state index is -1.91. The van der Waals surface area contributed by atoms with Crippen LogP contribution in [0.3, 0.4) is 0 Å². The molecule has 16 heavy (non-hydrogen) atoms. The third-order valence-electron chi connectivity index (χ3n) is 2.95. The van der Waals surface area contributed by atoms with Crippen molar-refractivity contribution in [1.29, 1.82) is 0 Å². The van der Waals surface area contributed by atoms with E-state index in [1.54, 1.807) is 25.2 Å². The lowest BCUT2D eigenvalue weighted by atomic mass is 9.85. The molecule has 5 nitrogen and oxygen atoms in total. The SMILES string of the molecule is CN1CCC(O)C(O)(c2ccccn2)C1=O. The zero-order chi connectivity index (χ0) is 11.8. The van der Waals surface area contributed by atoms with Crippen molar-refractivity contribution in [2.45, 2.75) is 18.1 Å². The van der Waals surface area contributed by atoms with Crippen molar-refractivity contribution < 1.29 is 15.0 Å². The molecule has 1 fully saturated rings. The topological polar surface area (TPSA) is 73.7 Å². The molecule has 1 aromatic heterocycles. The highest BCUT2D eigenvalue weighted by Gasteiger charge is 2.50. The van der Waals surface area contributed by atoms with Gasteiger partial charge < -0.3 is 15.1 Å². The Labute approximate surface area is 93.3 Å². The summed E-state index contributed by atoms with van der Waals surface area (Å²) in [6, 6.07) is 4.91. The summed E-state index contributed by atoms with van der Waals surface area (Å²) in [7, 11) is 1.60. The van der Waals surface area contributed by atoms with Crippen LogP contribution in [-0.2, 0) is 10.4 Å². The Morgan fingerprint density at radius 1 is 1.56 bits per heavy atom. The molecular weight excluding hydrogens is 208 g/mol. The molecule has 2 N–H and O–H groups in total. The van der Waals surface area contributed by atoms with E-state index in [0.29, 0.717) is 13.0 Å². The van der Waals surface area contributed by atoms with Crippen molar-refractivity contribution in [2.75, 3.05) is 13.6 Å². The van der Waals surface area contributed by atoms with Crippen LogP contribution in [0.5, 0.6) is 0 Å². The van der Waals surface area contributed by atoms with Crippen LogP contribution in [0.1, 0.15) is 12.1 Å². The van der Waals surface area contributed by atoms with Crippen LogP contribution in [0.25, 0.3) is 0 Å². The first-order valence-corrected chi connectivity index (χ1v) is 5.14. The summed E-state index contributed by atoms with van der Waals surface area (Å²) in [5, 5.41) is 20.2. The maximum atomic E-state index is 11.9. The Balaban J connectivity index is 2.45. The third-order valence-corrected chi connectivity index (χ3v) is 2.95. The number of hydrogen-bond acceptors (Lipinski definition) is 4. The van der Waals surface area contributed by atoms with E-state index in [1.165, 1.54) is 11.1 Å². The predicted molar refractivity (Wildman–Crippen MR) is 56.4 cm³/mol. The van der Waals surface area contributed by atoms with E-state index in [1.807, 2.05) is 0 Å². The van der Waals surface area contributed by atoms with Crippen molar-refractivity contribution in [3.63, 3.8) is 0 Å². The van der Waals surface area contributed by atoms with Crippen LogP contribution in [0, 0.1) is 0 Å². The molecule has 1 amide bonds. The fourth-order valence-electron chi connectivity index (χ4n) is 1.93. The molecule has 0 saturated carbocycles. The molecule has 0 bridgehead atoms. The summed E-state index contributed by atoms with van der Waals surface area (Å²) in [4.78, 5) is 17.3. The molecule has 1 aliphatic rings. The van der Waals surface area contributed by atoms with Crippen LogP contribution in [-0.4, -0.2) is 45.7 Å². The van der Waals surface area contributed by atoms with Gasteiger partial charge in [-0.2, -0.15) is 0 Å². The molecule has 1 aromatic rings. The lowest BCUT2D eigenvalue weighted by molar-refractivity contribution is -0.175. The molecule has 1 aliphatic heterocycles. The first kappa shape index (κ1) is 11.0. The molecule has 2 rings (SSSR count). The number of aromatic nitrogens is 1. The number of aliphatic hydroxyl groups is 2. The number of likely N-dealkylation sites (tertiary alicyclic amines) is 1. The van der Waals surface area contributed by atoms with Gasteiger partial charge in [-0.3, -0.25) is 9.78 Å². The van der Waals surface area contributed by atoms with Crippen LogP contribution in [0.4, 0.5) is 0 Å². The molecule has 2 heterocycles. The van der Waals surface area contributed by atoms with Gasteiger partial charge in [-0.1, -0.05) is 6.07 Å². The van der Waals surface area contributed by atoms with Crippen molar-refractivity contribution in [1.82, 2.24) is 9.88 Å². The molecule has 5 heteroatoms. The van der Waals surface area contributed by atoms with E-state index in [4.69, 9.17) is 0 Å². The fraction of sp³-hybridized carbons (Fsp3) is 0.455. The molecule has 86 valence electrons. The zero-order valence-electron chi connectivity index (χ0n) is 9.00. The number of aliphatic hydroxyl groups excluding tert-OH is 1. The van der Waals surface area contributed by atoms with Gasteiger partial charge in [0.2, 0.25) is 5.60 Å². The summed E-state index contributed by atoms with van der Waals surface area (Å²) in [6.07, 6.45) is 0.725. The summed E-state index contributed by atoms with van der Waals surface area (Å²) < 4.78 is 0. The molecule has 2 atom stereocenters. The van der Waals surface area contributed by atoms with E-state index in [2.05, 4.69) is 4.98 Å². The van der Waals surface area contributed by atoms with Gasteiger partial charge in [-0.15, -0.1) is 0 Å². The normalized spacial score (nSPS) is 30.6. The number of carbonyl (C=O) groups is 1. The van der Waals surface area contributed by atoms with Gasteiger partial charge in [0, 0.05) is 19.8 Å². The highest BCUT2D eigenvalue weighted by molar-refractivity contribution is 5.87. The van der Waals surface area contributed by atoms with E-state index in [0.717, 1.165) is 0 Å². The maximum Gasteiger partial charge on any atom is 0.263 e. The summed E-state index contributed by atoms with van der Waals surface area (Å²) >= 11 is 0. The Morgan fingerprint density at radius 3 is 2.94 bits per heavy atom. The molecular formula is C11H14N2O3. The summed E-state index contributed by atoms with van der Waals surface area (Å²) in [6.45, 7) is 0.440. The smallest absolute Gasteiger partial charge is 0.263 e. The quantitative estimate of drug-likeness (QED) is 0.671. The lowest BCUT2D eigenvalue weighted by Gasteiger charge is -2.39. The predicted octanol–water partition coefficient (Wildman–Crippen LogP) is -0.508. The van der Waals surface area contributed by atoms with Gasteiger partial charge in [0.25, 0.3) is 5.91 Å². The number of pyridine rings is 1. The van der Waals surface area contributed by atoms with Crippen LogP contribution in [0.2, 0.25) is 0 Å². The third kappa shape index (κ3) is 1.48. The Hall–Kier alpha value is -1.46. The molecule has 1 saturated heterocycles. The van der Waals surface area contributed by atoms with Crippen molar-refractivity contribution in [3.05, 3.63) is 30.1 Å². The number of likely N-dealkylation sites (N-methyl/N-ethyl adjacent to an activating group) is 1. The largest absolute Gasteiger partial charge is 0.389 e.